The topological polar surface area (TPSA) is 123 Å². The summed E-state index contributed by atoms with van der Waals surface area (Å²) in [6, 6.07) is 9.00. The number of aromatic nitrogens is 2. The molecule has 0 atom stereocenters. The number of hydrogen-bond acceptors (Lipinski definition) is 8. The SMILES string of the molecule is COP(=O)(C/C=C(\COC(C)=O)Cn1ccc(=O)n(C(=O)c2ccccc2)c1=O)OC. The molecule has 1 aromatic heterocycles. The number of hydrogen-bond donors (Lipinski definition) is 0. The Labute approximate surface area is 178 Å². The Balaban J connectivity index is 2.41. The number of benzene rings is 1. The number of carbonyl (C=O) groups is 2. The summed E-state index contributed by atoms with van der Waals surface area (Å²) in [5, 5.41) is 0. The molecule has 0 bridgehead atoms. The van der Waals surface area contributed by atoms with E-state index in [1.165, 1.54) is 45.5 Å². The third-order valence-corrected chi connectivity index (χ3v) is 6.01. The van der Waals surface area contributed by atoms with Crippen LogP contribution in [0.4, 0.5) is 0 Å². The number of ether oxygens (including phenoxy) is 1. The van der Waals surface area contributed by atoms with Crippen molar-refractivity contribution in [1.29, 1.82) is 0 Å². The van der Waals surface area contributed by atoms with Gasteiger partial charge in [0, 0.05) is 39.0 Å². The highest BCUT2D eigenvalue weighted by molar-refractivity contribution is 7.54. The first kappa shape index (κ1) is 24.2. The van der Waals surface area contributed by atoms with Gasteiger partial charge in [-0.2, -0.15) is 4.57 Å². The zero-order valence-electron chi connectivity index (χ0n) is 17.3. The van der Waals surface area contributed by atoms with Crippen LogP contribution in [0.15, 0.2) is 63.8 Å². The molecular weight excluding hydrogens is 427 g/mol. The lowest BCUT2D eigenvalue weighted by Crippen LogP contribution is -2.43. The van der Waals surface area contributed by atoms with Crippen LogP contribution in [-0.2, 0) is 29.7 Å². The lowest BCUT2D eigenvalue weighted by Gasteiger charge is -2.14. The van der Waals surface area contributed by atoms with Gasteiger partial charge in [0.2, 0.25) is 0 Å². The largest absolute Gasteiger partial charge is 0.461 e. The minimum absolute atomic E-state index is 0.123. The summed E-state index contributed by atoms with van der Waals surface area (Å²) in [5.41, 5.74) is -1.07. The van der Waals surface area contributed by atoms with Gasteiger partial charge in [-0.15, -0.1) is 0 Å². The van der Waals surface area contributed by atoms with Crippen molar-refractivity contribution in [3.05, 3.63) is 80.6 Å². The van der Waals surface area contributed by atoms with Crippen molar-refractivity contribution in [3.63, 3.8) is 0 Å². The second kappa shape index (κ2) is 10.8. The number of esters is 1. The van der Waals surface area contributed by atoms with Gasteiger partial charge < -0.3 is 13.8 Å². The summed E-state index contributed by atoms with van der Waals surface area (Å²) < 4.78 is 28.7. The van der Waals surface area contributed by atoms with Crippen LogP contribution in [0.3, 0.4) is 0 Å². The Morgan fingerprint density at radius 2 is 1.71 bits per heavy atom. The van der Waals surface area contributed by atoms with E-state index < -0.39 is 30.7 Å². The molecule has 0 aliphatic rings. The van der Waals surface area contributed by atoms with Gasteiger partial charge in [0.25, 0.3) is 11.5 Å². The van der Waals surface area contributed by atoms with E-state index >= 15 is 0 Å². The lowest BCUT2D eigenvalue weighted by molar-refractivity contribution is -0.140. The first-order chi connectivity index (χ1) is 14.7. The summed E-state index contributed by atoms with van der Waals surface area (Å²) in [5.74, 6) is -1.32. The van der Waals surface area contributed by atoms with Crippen LogP contribution in [0.25, 0.3) is 0 Å². The van der Waals surface area contributed by atoms with Gasteiger partial charge in [-0.05, 0) is 17.7 Å². The van der Waals surface area contributed by atoms with Crippen LogP contribution in [0.5, 0.6) is 0 Å². The molecule has 2 rings (SSSR count). The van der Waals surface area contributed by atoms with E-state index in [0.717, 1.165) is 10.6 Å². The molecule has 0 spiro atoms. The van der Waals surface area contributed by atoms with Crippen molar-refractivity contribution in [2.45, 2.75) is 13.5 Å². The summed E-state index contributed by atoms with van der Waals surface area (Å²) >= 11 is 0. The van der Waals surface area contributed by atoms with Crippen LogP contribution < -0.4 is 11.2 Å². The highest BCUT2D eigenvalue weighted by Crippen LogP contribution is 2.46. The standard InChI is InChI=1S/C20H23N2O8P/c1-15(23)30-14-16(10-12-31(27,28-2)29-3)13-21-11-9-18(24)22(20(21)26)19(25)17-7-5-4-6-8-17/h4-11H,12-14H2,1-3H3/b16-10-. The van der Waals surface area contributed by atoms with E-state index in [9.17, 15) is 23.7 Å². The number of allylic oxidation sites excluding steroid dienone is 1. The highest BCUT2D eigenvalue weighted by Gasteiger charge is 2.20. The van der Waals surface area contributed by atoms with E-state index in [4.69, 9.17) is 13.8 Å². The molecule has 11 heteroatoms. The van der Waals surface area contributed by atoms with Crippen LogP contribution in [0, 0.1) is 0 Å². The zero-order chi connectivity index (χ0) is 23.0. The fourth-order valence-electron chi connectivity index (χ4n) is 2.58. The average molecular weight is 450 g/mol. The van der Waals surface area contributed by atoms with Gasteiger partial charge in [-0.3, -0.25) is 23.5 Å². The van der Waals surface area contributed by atoms with Gasteiger partial charge in [0.05, 0.1) is 12.7 Å². The summed E-state index contributed by atoms with van der Waals surface area (Å²) in [6.45, 7) is 0.903. The van der Waals surface area contributed by atoms with E-state index in [2.05, 4.69) is 0 Å². The third-order valence-electron chi connectivity index (χ3n) is 4.27. The Morgan fingerprint density at radius 1 is 1.06 bits per heavy atom. The predicted molar refractivity (Wildman–Crippen MR) is 112 cm³/mol. The predicted octanol–water partition coefficient (Wildman–Crippen LogP) is 1.67. The molecule has 0 saturated carbocycles. The molecule has 0 aliphatic heterocycles. The number of rotatable bonds is 9. The molecule has 0 aliphatic carbocycles. The van der Waals surface area contributed by atoms with Crippen LogP contribution in [0.1, 0.15) is 17.3 Å². The molecule has 1 heterocycles. The maximum Gasteiger partial charge on any atom is 0.338 e. The quantitative estimate of drug-likeness (QED) is 0.321. The fraction of sp³-hybridized carbons (Fsp3) is 0.300. The molecular formula is C20H23N2O8P. The van der Waals surface area contributed by atoms with Gasteiger partial charge in [0.15, 0.2) is 0 Å². The van der Waals surface area contributed by atoms with E-state index in [1.54, 1.807) is 18.2 Å². The Bertz CT molecular complexity index is 1130. The van der Waals surface area contributed by atoms with Crippen LogP contribution in [0.2, 0.25) is 0 Å². The van der Waals surface area contributed by atoms with E-state index in [0.29, 0.717) is 10.1 Å². The molecule has 0 fully saturated rings. The Hall–Kier alpha value is -3.07. The molecule has 0 radical (unpaired) electrons. The minimum atomic E-state index is -3.39. The minimum Gasteiger partial charge on any atom is -0.461 e. The van der Waals surface area contributed by atoms with Crippen molar-refractivity contribution < 1.29 is 27.9 Å². The fourth-order valence-corrected chi connectivity index (χ4v) is 3.51. The monoisotopic (exact) mass is 450 g/mol. The van der Waals surface area contributed by atoms with E-state index in [-0.39, 0.29) is 24.9 Å². The summed E-state index contributed by atoms with van der Waals surface area (Å²) in [6.07, 6.45) is 2.57. The van der Waals surface area contributed by atoms with Crippen molar-refractivity contribution in [1.82, 2.24) is 9.13 Å². The molecule has 1 aromatic carbocycles. The molecule has 0 amide bonds. The lowest BCUT2D eigenvalue weighted by atomic mass is 10.2. The first-order valence-electron chi connectivity index (χ1n) is 9.15. The maximum atomic E-state index is 12.9. The average Bonchev–Trinajstić information content (AvgIpc) is 2.77. The highest BCUT2D eigenvalue weighted by atomic mass is 31.2. The normalized spacial score (nSPS) is 11.9. The van der Waals surface area contributed by atoms with Gasteiger partial charge in [-0.25, -0.2) is 4.79 Å². The van der Waals surface area contributed by atoms with Crippen molar-refractivity contribution in [2.75, 3.05) is 27.0 Å². The van der Waals surface area contributed by atoms with Gasteiger partial charge in [0.1, 0.15) is 6.61 Å². The third kappa shape index (κ3) is 6.45. The molecule has 31 heavy (non-hydrogen) atoms. The van der Waals surface area contributed by atoms with Gasteiger partial charge in [-0.1, -0.05) is 24.3 Å². The van der Waals surface area contributed by atoms with Crippen molar-refractivity contribution in [3.8, 4) is 0 Å². The molecule has 166 valence electrons. The molecule has 0 unspecified atom stereocenters. The summed E-state index contributed by atoms with van der Waals surface area (Å²) in [4.78, 5) is 49.0. The maximum absolute atomic E-state index is 12.9. The number of nitrogens with zero attached hydrogens (tertiary/aromatic N) is 2. The smallest absolute Gasteiger partial charge is 0.338 e. The van der Waals surface area contributed by atoms with Gasteiger partial charge >= 0.3 is 19.3 Å². The summed E-state index contributed by atoms with van der Waals surface area (Å²) in [7, 11) is -0.915. The van der Waals surface area contributed by atoms with Crippen LogP contribution in [-0.4, -0.2) is 48.0 Å². The molecule has 0 N–H and O–H groups in total. The first-order valence-corrected chi connectivity index (χ1v) is 10.9. The van der Waals surface area contributed by atoms with Crippen molar-refractivity contribution >= 4 is 19.5 Å². The van der Waals surface area contributed by atoms with E-state index in [1.807, 2.05) is 0 Å². The Kier molecular flexibility index (Phi) is 8.44. The molecule has 2 aromatic rings. The van der Waals surface area contributed by atoms with Crippen molar-refractivity contribution in [2.24, 2.45) is 0 Å². The second-order valence-electron chi connectivity index (χ2n) is 6.37. The number of carbonyl (C=O) groups excluding carboxylic acids is 2. The second-order valence-corrected chi connectivity index (χ2v) is 8.69. The van der Waals surface area contributed by atoms with Crippen LogP contribution >= 0.6 is 7.60 Å². The molecule has 0 saturated heterocycles. The molecule has 10 nitrogen and oxygen atoms in total. The Morgan fingerprint density at radius 3 is 2.29 bits per heavy atom. The zero-order valence-corrected chi connectivity index (χ0v) is 18.2.